The summed E-state index contributed by atoms with van der Waals surface area (Å²) < 4.78 is 22.7. The molecule has 1 aromatic rings. The van der Waals surface area contributed by atoms with Gasteiger partial charge >= 0.3 is 0 Å². The van der Waals surface area contributed by atoms with Gasteiger partial charge in [0, 0.05) is 33.9 Å². The van der Waals surface area contributed by atoms with Crippen molar-refractivity contribution in [3.63, 3.8) is 0 Å². The van der Waals surface area contributed by atoms with Crippen molar-refractivity contribution in [1.82, 2.24) is 0 Å². The van der Waals surface area contributed by atoms with Gasteiger partial charge in [-0.25, -0.2) is 8.42 Å². The van der Waals surface area contributed by atoms with E-state index in [2.05, 4.69) is 18.7 Å². The number of fused-ring (bicyclic) bond motifs is 1. The first-order chi connectivity index (χ1) is 7.89. The number of rotatable bonds is 2. The molecule has 0 unspecified atom stereocenters. The summed E-state index contributed by atoms with van der Waals surface area (Å²) in [5.74, 6) is 1.03. The highest BCUT2D eigenvalue weighted by Crippen LogP contribution is 2.37. The molecule has 3 nitrogen and oxygen atoms in total. The molecule has 0 amide bonds. The Morgan fingerprint density at radius 2 is 2.12 bits per heavy atom. The standard InChI is InChI=1S/C11H14ClNO2S2/c1-8(2)13-5-6-16-11-4-3-9(7-10(11)13)17(12,14)15/h3-4,7-8H,5-6H2,1-2H3. The third kappa shape index (κ3) is 2.72. The fraction of sp³-hybridized carbons (Fsp3) is 0.455. The van der Waals surface area contributed by atoms with Gasteiger partial charge in [0.05, 0.1) is 10.6 Å². The highest BCUT2D eigenvalue weighted by atomic mass is 35.7. The van der Waals surface area contributed by atoms with Gasteiger partial charge in [-0.1, -0.05) is 0 Å². The SMILES string of the molecule is CC(C)N1CCSc2ccc(S(=O)(=O)Cl)cc21. The van der Waals surface area contributed by atoms with E-state index in [4.69, 9.17) is 10.7 Å². The van der Waals surface area contributed by atoms with Crippen LogP contribution in [0.2, 0.25) is 0 Å². The van der Waals surface area contributed by atoms with E-state index in [1.165, 1.54) is 0 Å². The van der Waals surface area contributed by atoms with Crippen LogP contribution in [0.4, 0.5) is 5.69 Å². The fourth-order valence-electron chi connectivity index (χ4n) is 1.91. The zero-order chi connectivity index (χ0) is 12.6. The molecule has 0 bridgehead atoms. The van der Waals surface area contributed by atoms with Crippen LogP contribution in [0.15, 0.2) is 28.0 Å². The summed E-state index contributed by atoms with van der Waals surface area (Å²) in [6.07, 6.45) is 0. The first kappa shape index (κ1) is 13.1. The van der Waals surface area contributed by atoms with Crippen LogP contribution in [0.5, 0.6) is 0 Å². The highest BCUT2D eigenvalue weighted by molar-refractivity contribution is 8.13. The lowest BCUT2D eigenvalue weighted by molar-refractivity contribution is 0.609. The lowest BCUT2D eigenvalue weighted by atomic mass is 10.2. The van der Waals surface area contributed by atoms with Crippen LogP contribution >= 0.6 is 22.4 Å². The summed E-state index contributed by atoms with van der Waals surface area (Å²) in [6.45, 7) is 5.13. The van der Waals surface area contributed by atoms with Crippen molar-refractivity contribution in [2.24, 2.45) is 0 Å². The van der Waals surface area contributed by atoms with Gasteiger partial charge in [-0.3, -0.25) is 0 Å². The maximum Gasteiger partial charge on any atom is 0.261 e. The maximum atomic E-state index is 11.3. The van der Waals surface area contributed by atoms with E-state index in [9.17, 15) is 8.42 Å². The van der Waals surface area contributed by atoms with E-state index in [1.54, 1.807) is 23.9 Å². The van der Waals surface area contributed by atoms with Crippen LogP contribution in [0.3, 0.4) is 0 Å². The Bertz CT molecular complexity index is 528. The van der Waals surface area contributed by atoms with Crippen molar-refractivity contribution in [3.05, 3.63) is 18.2 Å². The van der Waals surface area contributed by atoms with Gasteiger partial charge in [0.1, 0.15) is 0 Å². The number of halogens is 1. The number of thioether (sulfide) groups is 1. The molecular formula is C11H14ClNO2S2. The van der Waals surface area contributed by atoms with Gasteiger partial charge < -0.3 is 4.90 Å². The van der Waals surface area contributed by atoms with Gasteiger partial charge in [-0.15, -0.1) is 11.8 Å². The summed E-state index contributed by atoms with van der Waals surface area (Å²) in [5.41, 5.74) is 0.970. The number of hydrogen-bond donors (Lipinski definition) is 0. The normalized spacial score (nSPS) is 16.1. The molecule has 1 aliphatic rings. The average molecular weight is 292 g/mol. The highest BCUT2D eigenvalue weighted by Gasteiger charge is 2.22. The molecule has 0 aromatic heterocycles. The van der Waals surface area contributed by atoms with E-state index < -0.39 is 9.05 Å². The van der Waals surface area contributed by atoms with Crippen LogP contribution in [-0.4, -0.2) is 26.8 Å². The summed E-state index contributed by atoms with van der Waals surface area (Å²) in [4.78, 5) is 3.50. The molecule has 6 heteroatoms. The Hall–Kier alpha value is -0.390. The van der Waals surface area contributed by atoms with Crippen LogP contribution < -0.4 is 4.90 Å². The van der Waals surface area contributed by atoms with Crippen molar-refractivity contribution in [1.29, 1.82) is 0 Å². The second kappa shape index (κ2) is 4.71. The van der Waals surface area contributed by atoms with Crippen molar-refractivity contribution in [3.8, 4) is 0 Å². The number of hydrogen-bond acceptors (Lipinski definition) is 4. The number of benzene rings is 1. The molecule has 0 N–H and O–H groups in total. The maximum absolute atomic E-state index is 11.3. The van der Waals surface area contributed by atoms with Crippen molar-refractivity contribution in [2.45, 2.75) is 29.7 Å². The summed E-state index contributed by atoms with van der Waals surface area (Å²) in [6, 6.07) is 5.42. The lowest BCUT2D eigenvalue weighted by Gasteiger charge is -2.34. The predicted octanol–water partition coefficient (Wildman–Crippen LogP) is 2.93. The van der Waals surface area contributed by atoms with Gasteiger partial charge in [-0.05, 0) is 32.0 Å². The largest absolute Gasteiger partial charge is 0.367 e. The molecule has 1 heterocycles. The molecule has 0 atom stereocenters. The molecule has 1 aromatic carbocycles. The minimum atomic E-state index is -3.65. The van der Waals surface area contributed by atoms with E-state index in [0.29, 0.717) is 6.04 Å². The first-order valence-electron chi connectivity index (χ1n) is 5.38. The average Bonchev–Trinajstić information content (AvgIpc) is 2.26. The Morgan fingerprint density at radius 1 is 1.41 bits per heavy atom. The molecule has 1 aliphatic heterocycles. The monoisotopic (exact) mass is 291 g/mol. The second-order valence-corrected chi connectivity index (χ2v) is 7.91. The second-order valence-electron chi connectivity index (χ2n) is 4.20. The summed E-state index contributed by atoms with van der Waals surface area (Å²) >= 11 is 1.75. The molecular weight excluding hydrogens is 278 g/mol. The zero-order valence-electron chi connectivity index (χ0n) is 9.68. The molecule has 0 radical (unpaired) electrons. The number of anilines is 1. The number of nitrogens with zero attached hydrogens (tertiary/aromatic N) is 1. The predicted molar refractivity (Wildman–Crippen MR) is 72.7 cm³/mol. The molecule has 0 fully saturated rings. The van der Waals surface area contributed by atoms with E-state index >= 15 is 0 Å². The van der Waals surface area contributed by atoms with E-state index in [0.717, 1.165) is 22.9 Å². The smallest absolute Gasteiger partial charge is 0.261 e. The molecule has 2 rings (SSSR count). The third-order valence-electron chi connectivity index (χ3n) is 2.73. The van der Waals surface area contributed by atoms with E-state index in [1.807, 2.05) is 6.07 Å². The van der Waals surface area contributed by atoms with Crippen LogP contribution in [0, 0.1) is 0 Å². The minimum Gasteiger partial charge on any atom is -0.367 e. The first-order valence-corrected chi connectivity index (χ1v) is 8.67. The van der Waals surface area contributed by atoms with Gasteiger partial charge in [0.15, 0.2) is 0 Å². The molecule has 0 saturated carbocycles. The topological polar surface area (TPSA) is 37.4 Å². The van der Waals surface area contributed by atoms with Crippen LogP contribution in [-0.2, 0) is 9.05 Å². The molecule has 94 valence electrons. The summed E-state index contributed by atoms with van der Waals surface area (Å²) in [5, 5.41) is 0. The molecule has 0 saturated heterocycles. The van der Waals surface area contributed by atoms with Crippen LogP contribution in [0.1, 0.15) is 13.8 Å². The Labute approximate surface area is 111 Å². The Morgan fingerprint density at radius 3 is 2.71 bits per heavy atom. The van der Waals surface area contributed by atoms with Gasteiger partial charge in [0.25, 0.3) is 9.05 Å². The quantitative estimate of drug-likeness (QED) is 0.785. The van der Waals surface area contributed by atoms with Crippen molar-refractivity contribution >= 4 is 37.2 Å². The van der Waals surface area contributed by atoms with Crippen molar-refractivity contribution < 1.29 is 8.42 Å². The molecule has 0 aliphatic carbocycles. The zero-order valence-corrected chi connectivity index (χ0v) is 12.1. The molecule has 17 heavy (non-hydrogen) atoms. The van der Waals surface area contributed by atoms with Gasteiger partial charge in [0.2, 0.25) is 0 Å². The van der Waals surface area contributed by atoms with Gasteiger partial charge in [-0.2, -0.15) is 0 Å². The van der Waals surface area contributed by atoms with E-state index in [-0.39, 0.29) is 4.90 Å². The molecule has 0 spiro atoms. The van der Waals surface area contributed by atoms with Crippen LogP contribution in [0.25, 0.3) is 0 Å². The Balaban J connectivity index is 2.52. The van der Waals surface area contributed by atoms with Crippen molar-refractivity contribution in [2.75, 3.05) is 17.2 Å². The Kier molecular flexibility index (Phi) is 3.61. The third-order valence-corrected chi connectivity index (χ3v) is 5.13. The minimum absolute atomic E-state index is 0.172. The summed E-state index contributed by atoms with van der Waals surface area (Å²) in [7, 11) is 1.73. The fourth-order valence-corrected chi connectivity index (χ4v) is 3.67. The lowest BCUT2D eigenvalue weighted by Crippen LogP contribution is -2.35.